The van der Waals surface area contributed by atoms with Gasteiger partial charge in [-0.15, -0.1) is 0 Å². The minimum atomic E-state index is -0.170. The van der Waals surface area contributed by atoms with Gasteiger partial charge in [-0.05, 0) is 26.3 Å². The fraction of sp³-hybridized carbons (Fsp3) is 0.625. The predicted molar refractivity (Wildman–Crippen MR) is 83.6 cm³/mol. The fourth-order valence-electron chi connectivity index (χ4n) is 2.39. The summed E-state index contributed by atoms with van der Waals surface area (Å²) < 4.78 is 4.95. The van der Waals surface area contributed by atoms with E-state index in [1.54, 1.807) is 11.0 Å². The van der Waals surface area contributed by atoms with Crippen LogP contribution < -0.4 is 5.32 Å². The van der Waals surface area contributed by atoms with Gasteiger partial charge in [-0.25, -0.2) is 0 Å². The molecule has 0 radical (unpaired) electrons. The summed E-state index contributed by atoms with van der Waals surface area (Å²) in [7, 11) is 0. The molecule has 1 aliphatic heterocycles. The van der Waals surface area contributed by atoms with Gasteiger partial charge in [0, 0.05) is 31.7 Å². The van der Waals surface area contributed by atoms with Gasteiger partial charge >= 0.3 is 0 Å². The van der Waals surface area contributed by atoms with Gasteiger partial charge in [-0.3, -0.25) is 14.5 Å². The highest BCUT2D eigenvalue weighted by Crippen LogP contribution is 2.10. The third kappa shape index (κ3) is 4.34. The second-order valence-electron chi connectivity index (χ2n) is 6.37. The van der Waals surface area contributed by atoms with Gasteiger partial charge in [0.25, 0.3) is 5.91 Å². The first-order valence-corrected chi connectivity index (χ1v) is 7.76. The number of furan rings is 1. The van der Waals surface area contributed by atoms with Gasteiger partial charge in [-0.1, -0.05) is 6.92 Å². The van der Waals surface area contributed by atoms with Crippen molar-refractivity contribution in [3.8, 4) is 0 Å². The molecule has 122 valence electrons. The minimum absolute atomic E-state index is 0.00929. The number of nitrogens with one attached hydrogen (secondary N) is 1. The molecule has 2 amide bonds. The van der Waals surface area contributed by atoms with Crippen LogP contribution in [0.1, 0.15) is 37.6 Å². The molecule has 1 aromatic rings. The van der Waals surface area contributed by atoms with Gasteiger partial charge in [0.2, 0.25) is 5.91 Å². The SMILES string of the molecule is CCC(C)(C)NC(=O)CN1CCN(C(=O)c2ccoc2)CC1. The van der Waals surface area contributed by atoms with Crippen LogP contribution in [0.3, 0.4) is 0 Å². The van der Waals surface area contributed by atoms with Crippen molar-refractivity contribution < 1.29 is 14.0 Å². The van der Waals surface area contributed by atoms with E-state index in [2.05, 4.69) is 17.1 Å². The molecule has 0 saturated carbocycles. The lowest BCUT2D eigenvalue weighted by molar-refractivity contribution is -0.124. The van der Waals surface area contributed by atoms with E-state index in [4.69, 9.17) is 4.42 Å². The Morgan fingerprint density at radius 1 is 1.27 bits per heavy atom. The highest BCUT2D eigenvalue weighted by atomic mass is 16.3. The van der Waals surface area contributed by atoms with Crippen LogP contribution >= 0.6 is 0 Å². The molecule has 0 bridgehead atoms. The molecular weight excluding hydrogens is 282 g/mol. The van der Waals surface area contributed by atoms with Crippen LogP contribution in [-0.2, 0) is 4.79 Å². The molecule has 0 aliphatic carbocycles. The van der Waals surface area contributed by atoms with Gasteiger partial charge in [0.15, 0.2) is 0 Å². The quantitative estimate of drug-likeness (QED) is 0.891. The Bertz CT molecular complexity index is 503. The summed E-state index contributed by atoms with van der Waals surface area (Å²) in [6.07, 6.45) is 3.87. The minimum Gasteiger partial charge on any atom is -0.472 e. The molecule has 0 atom stereocenters. The van der Waals surface area contributed by atoms with Crippen molar-refractivity contribution in [3.05, 3.63) is 24.2 Å². The van der Waals surface area contributed by atoms with Crippen molar-refractivity contribution in [2.45, 2.75) is 32.7 Å². The second-order valence-corrected chi connectivity index (χ2v) is 6.37. The number of piperazine rings is 1. The number of carbonyl (C=O) groups is 2. The van der Waals surface area contributed by atoms with E-state index >= 15 is 0 Å². The largest absolute Gasteiger partial charge is 0.472 e. The van der Waals surface area contributed by atoms with E-state index in [1.165, 1.54) is 12.5 Å². The predicted octanol–water partition coefficient (Wildman–Crippen LogP) is 1.34. The van der Waals surface area contributed by atoms with E-state index in [-0.39, 0.29) is 17.4 Å². The van der Waals surface area contributed by atoms with Gasteiger partial charge in [0.05, 0.1) is 18.4 Å². The zero-order valence-corrected chi connectivity index (χ0v) is 13.6. The van der Waals surface area contributed by atoms with E-state index in [1.807, 2.05) is 13.8 Å². The summed E-state index contributed by atoms with van der Waals surface area (Å²) in [5.41, 5.74) is 0.409. The third-order valence-corrected chi connectivity index (χ3v) is 4.16. The average molecular weight is 307 g/mol. The monoisotopic (exact) mass is 307 g/mol. The number of nitrogens with zero attached hydrogens (tertiary/aromatic N) is 2. The highest BCUT2D eigenvalue weighted by Gasteiger charge is 2.25. The Balaban J connectivity index is 1.78. The molecule has 22 heavy (non-hydrogen) atoms. The maximum absolute atomic E-state index is 12.2. The van der Waals surface area contributed by atoms with Crippen molar-refractivity contribution in [1.82, 2.24) is 15.1 Å². The molecule has 2 rings (SSSR count). The summed E-state index contributed by atoms with van der Waals surface area (Å²) >= 11 is 0. The van der Waals surface area contributed by atoms with Crippen LogP contribution in [0, 0.1) is 0 Å². The summed E-state index contributed by atoms with van der Waals surface area (Å²) in [6.45, 7) is 9.17. The van der Waals surface area contributed by atoms with Crippen LogP contribution in [0.4, 0.5) is 0 Å². The molecule has 1 saturated heterocycles. The lowest BCUT2D eigenvalue weighted by Gasteiger charge is -2.35. The Labute approximate surface area is 131 Å². The van der Waals surface area contributed by atoms with Gasteiger partial charge in [0.1, 0.15) is 6.26 Å². The Morgan fingerprint density at radius 3 is 2.50 bits per heavy atom. The highest BCUT2D eigenvalue weighted by molar-refractivity contribution is 5.93. The number of hydrogen-bond acceptors (Lipinski definition) is 4. The second kappa shape index (κ2) is 6.96. The van der Waals surface area contributed by atoms with Gasteiger partial charge < -0.3 is 14.6 Å². The molecule has 0 unspecified atom stereocenters. The summed E-state index contributed by atoms with van der Waals surface area (Å²) in [6, 6.07) is 1.68. The zero-order valence-electron chi connectivity index (χ0n) is 13.6. The summed E-state index contributed by atoms with van der Waals surface area (Å²) in [4.78, 5) is 28.1. The number of hydrogen-bond donors (Lipinski definition) is 1. The first-order chi connectivity index (χ1) is 10.4. The van der Waals surface area contributed by atoms with E-state index < -0.39 is 0 Å². The van der Waals surface area contributed by atoms with E-state index in [0.29, 0.717) is 38.3 Å². The molecule has 2 heterocycles. The number of amides is 2. The lowest BCUT2D eigenvalue weighted by Crippen LogP contribution is -2.53. The van der Waals surface area contributed by atoms with Gasteiger partial charge in [-0.2, -0.15) is 0 Å². The van der Waals surface area contributed by atoms with E-state index in [0.717, 1.165) is 6.42 Å². The molecule has 6 heteroatoms. The smallest absolute Gasteiger partial charge is 0.257 e. The molecule has 1 aromatic heterocycles. The van der Waals surface area contributed by atoms with E-state index in [9.17, 15) is 9.59 Å². The Morgan fingerprint density at radius 2 is 1.95 bits per heavy atom. The van der Waals surface area contributed by atoms with Crippen LogP contribution in [0.25, 0.3) is 0 Å². The molecule has 0 aromatic carbocycles. The maximum atomic E-state index is 12.2. The van der Waals surface area contributed by atoms with Crippen LogP contribution in [0.5, 0.6) is 0 Å². The fourth-order valence-corrected chi connectivity index (χ4v) is 2.39. The maximum Gasteiger partial charge on any atom is 0.257 e. The van der Waals surface area contributed by atoms with Crippen LogP contribution in [-0.4, -0.2) is 59.9 Å². The van der Waals surface area contributed by atoms with Crippen LogP contribution in [0.15, 0.2) is 23.0 Å². The standard InChI is InChI=1S/C16H25N3O3/c1-4-16(2,3)17-14(20)11-18-6-8-19(9-7-18)15(21)13-5-10-22-12-13/h5,10,12H,4,6-9,11H2,1-3H3,(H,17,20). The first-order valence-electron chi connectivity index (χ1n) is 7.76. The topological polar surface area (TPSA) is 65.8 Å². The average Bonchev–Trinajstić information content (AvgIpc) is 3.01. The third-order valence-electron chi connectivity index (χ3n) is 4.16. The van der Waals surface area contributed by atoms with Crippen molar-refractivity contribution in [2.75, 3.05) is 32.7 Å². The first kappa shape index (κ1) is 16.5. The number of carbonyl (C=O) groups excluding carboxylic acids is 2. The molecule has 0 spiro atoms. The van der Waals surface area contributed by atoms with Crippen molar-refractivity contribution in [3.63, 3.8) is 0 Å². The molecule has 1 fully saturated rings. The molecule has 1 N–H and O–H groups in total. The zero-order chi connectivity index (χ0) is 16.2. The summed E-state index contributed by atoms with van der Waals surface area (Å²) in [5, 5.41) is 3.04. The Hall–Kier alpha value is -1.82. The van der Waals surface area contributed by atoms with Crippen molar-refractivity contribution in [2.24, 2.45) is 0 Å². The van der Waals surface area contributed by atoms with Crippen LogP contribution in [0.2, 0.25) is 0 Å². The molecular formula is C16H25N3O3. The number of rotatable bonds is 5. The summed E-state index contributed by atoms with van der Waals surface area (Å²) in [5.74, 6) is 0.0337. The normalized spacial score (nSPS) is 16.6. The molecule has 6 nitrogen and oxygen atoms in total. The van der Waals surface area contributed by atoms with Crippen molar-refractivity contribution >= 4 is 11.8 Å². The molecule has 1 aliphatic rings. The Kier molecular flexibility index (Phi) is 5.24. The lowest BCUT2D eigenvalue weighted by atomic mass is 10.0. The van der Waals surface area contributed by atoms with Crippen molar-refractivity contribution in [1.29, 1.82) is 0 Å².